The molecule has 312 valence electrons. The summed E-state index contributed by atoms with van der Waals surface area (Å²) in [6.45, 7) is 4.51. The first-order valence-electron chi connectivity index (χ1n) is 24.8. The van der Waals surface area contributed by atoms with Crippen molar-refractivity contribution in [2.75, 3.05) is 9.80 Å². The van der Waals surface area contributed by atoms with Crippen LogP contribution in [0, 0.1) is 0 Å². The van der Waals surface area contributed by atoms with Crippen molar-refractivity contribution >= 4 is 34.1 Å². The second-order valence-electron chi connectivity index (χ2n) is 18.1. The molecule has 0 heterocycles. The standard InChI is InChI=1S/C64H46N2/c1-63(2)57-27-15-12-24-51(57)54-37-34-48(40-60(54)63)66(47-32-30-44(31-33-47)43-18-6-3-7-19-43)50-36-39-56-53-26-14-17-29-59(53)64(62(56)42-50)58-28-16-13-25-52(58)55-38-35-49(41-61(55)64)65(45-20-8-4-9-21-45)46-22-10-5-11-23-46/h3-42H,1-2H3/i30D,31D,32D,33D. The summed E-state index contributed by atoms with van der Waals surface area (Å²) in [7, 11) is 0. The lowest BCUT2D eigenvalue weighted by molar-refractivity contribution is 0.660. The first-order valence-corrected chi connectivity index (χ1v) is 22.8. The van der Waals surface area contributed by atoms with Crippen LogP contribution in [0.5, 0.6) is 0 Å². The SMILES string of the molecule is [2H]c1c([2H])c(N(c2ccc3c(c2)C(C)(C)c2ccccc2-3)c2ccc3c(c2)C2(c4ccccc4-c4ccc(N(c5ccccc5)c5ccccc5)cc42)c2ccccc2-3)c([2H])c([2H])c1-c1ccccc1. The maximum atomic E-state index is 9.87. The van der Waals surface area contributed by atoms with Gasteiger partial charge in [0.15, 0.2) is 0 Å². The number of nitrogens with zero attached hydrogens (tertiary/aromatic N) is 2. The van der Waals surface area contributed by atoms with Crippen molar-refractivity contribution in [2.24, 2.45) is 0 Å². The number of benzene rings is 10. The van der Waals surface area contributed by atoms with E-state index in [2.05, 4.69) is 207 Å². The molecule has 1 atom stereocenters. The largest absolute Gasteiger partial charge is 0.310 e. The van der Waals surface area contributed by atoms with Crippen LogP contribution >= 0.6 is 0 Å². The zero-order chi connectivity index (χ0) is 47.5. The predicted molar refractivity (Wildman–Crippen MR) is 275 cm³/mol. The lowest BCUT2D eigenvalue weighted by Gasteiger charge is -2.33. The van der Waals surface area contributed by atoms with Crippen molar-refractivity contribution in [3.05, 3.63) is 276 Å². The molecule has 2 nitrogen and oxygen atoms in total. The predicted octanol–water partition coefficient (Wildman–Crippen LogP) is 16.9. The van der Waals surface area contributed by atoms with Crippen LogP contribution in [0.2, 0.25) is 0 Å². The number of para-hydroxylation sites is 2. The molecule has 0 radical (unpaired) electrons. The van der Waals surface area contributed by atoms with E-state index in [1.54, 1.807) is 0 Å². The van der Waals surface area contributed by atoms with E-state index in [0.717, 1.165) is 56.3 Å². The van der Waals surface area contributed by atoms with Crippen molar-refractivity contribution in [3.63, 3.8) is 0 Å². The van der Waals surface area contributed by atoms with E-state index in [4.69, 9.17) is 0 Å². The van der Waals surface area contributed by atoms with E-state index in [1.807, 2.05) is 35.2 Å². The van der Waals surface area contributed by atoms with E-state index < -0.39 is 5.41 Å². The summed E-state index contributed by atoms with van der Waals surface area (Å²) in [5.74, 6) is 0. The van der Waals surface area contributed by atoms with Gasteiger partial charge in [-0.1, -0.05) is 184 Å². The highest BCUT2D eigenvalue weighted by Crippen LogP contribution is 2.64. The molecule has 0 N–H and O–H groups in total. The van der Waals surface area contributed by atoms with E-state index in [-0.39, 0.29) is 40.8 Å². The highest BCUT2D eigenvalue weighted by atomic mass is 15.1. The molecule has 2 heteroatoms. The fourth-order valence-electron chi connectivity index (χ4n) is 11.4. The highest BCUT2D eigenvalue weighted by molar-refractivity contribution is 5.98. The molecule has 0 bridgehead atoms. The van der Waals surface area contributed by atoms with Gasteiger partial charge < -0.3 is 9.80 Å². The molecule has 3 aliphatic rings. The van der Waals surface area contributed by atoms with Crippen LogP contribution < -0.4 is 9.80 Å². The monoisotopic (exact) mass is 846 g/mol. The summed E-state index contributed by atoms with van der Waals surface area (Å²) in [4.78, 5) is 4.31. The summed E-state index contributed by atoms with van der Waals surface area (Å²) in [5, 5.41) is 0. The van der Waals surface area contributed by atoms with Gasteiger partial charge in [-0.15, -0.1) is 0 Å². The molecule has 0 amide bonds. The highest BCUT2D eigenvalue weighted by Gasteiger charge is 2.52. The molecule has 0 aliphatic heterocycles. The Labute approximate surface area is 393 Å². The summed E-state index contributed by atoms with van der Waals surface area (Å²) < 4.78 is 38.9. The number of hydrogen-bond acceptors (Lipinski definition) is 2. The lowest BCUT2D eigenvalue weighted by atomic mass is 9.70. The Kier molecular flexibility index (Phi) is 7.61. The smallest absolute Gasteiger partial charge is 0.0727 e. The van der Waals surface area contributed by atoms with E-state index in [0.29, 0.717) is 5.56 Å². The first-order chi connectivity index (χ1) is 34.2. The fraction of sp³-hybridized carbons (Fsp3) is 0.0625. The average molecular weight is 847 g/mol. The molecule has 0 fully saturated rings. The van der Waals surface area contributed by atoms with Crippen LogP contribution in [0.1, 0.15) is 52.7 Å². The van der Waals surface area contributed by atoms with Gasteiger partial charge in [-0.3, -0.25) is 0 Å². The number of hydrogen-bond donors (Lipinski definition) is 0. The lowest BCUT2D eigenvalue weighted by Crippen LogP contribution is -2.26. The minimum Gasteiger partial charge on any atom is -0.310 e. The van der Waals surface area contributed by atoms with Crippen LogP contribution in [0.25, 0.3) is 44.5 Å². The Morgan fingerprint density at radius 1 is 0.288 bits per heavy atom. The van der Waals surface area contributed by atoms with Crippen molar-refractivity contribution < 1.29 is 5.48 Å². The van der Waals surface area contributed by atoms with Gasteiger partial charge in [0.2, 0.25) is 0 Å². The number of anilines is 6. The summed E-state index contributed by atoms with van der Waals surface area (Å²) in [6, 6.07) is 76.1. The molecular formula is C64H46N2. The fourth-order valence-corrected chi connectivity index (χ4v) is 11.4. The number of fused-ring (bicyclic) bond motifs is 13. The van der Waals surface area contributed by atoms with Crippen molar-refractivity contribution in [2.45, 2.75) is 24.7 Å². The normalized spacial score (nSPS) is 16.2. The van der Waals surface area contributed by atoms with Gasteiger partial charge in [-0.05, 0) is 151 Å². The maximum absolute atomic E-state index is 9.87. The van der Waals surface area contributed by atoms with Crippen LogP contribution in [0.4, 0.5) is 34.1 Å². The molecule has 0 aromatic heterocycles. The van der Waals surface area contributed by atoms with Crippen molar-refractivity contribution in [1.82, 2.24) is 0 Å². The van der Waals surface area contributed by atoms with Crippen molar-refractivity contribution in [3.8, 4) is 44.5 Å². The Hall–Kier alpha value is -8.20. The third-order valence-electron chi connectivity index (χ3n) is 14.3. The Morgan fingerprint density at radius 3 is 1.15 bits per heavy atom. The quantitative estimate of drug-likeness (QED) is 0.158. The van der Waals surface area contributed by atoms with Gasteiger partial charge in [-0.2, -0.15) is 0 Å². The Bertz CT molecular complexity index is 3670. The second kappa shape index (κ2) is 14.7. The van der Waals surface area contributed by atoms with Gasteiger partial charge >= 0.3 is 0 Å². The maximum Gasteiger partial charge on any atom is 0.0727 e. The topological polar surface area (TPSA) is 6.48 Å². The van der Waals surface area contributed by atoms with Crippen molar-refractivity contribution in [1.29, 1.82) is 0 Å². The molecule has 1 spiro atoms. The molecule has 66 heavy (non-hydrogen) atoms. The average Bonchev–Trinajstić information content (AvgIpc) is 3.96. The molecule has 1 unspecified atom stereocenters. The third kappa shape index (κ3) is 5.55. The molecule has 13 rings (SSSR count). The van der Waals surface area contributed by atoms with Crippen LogP contribution in [0.3, 0.4) is 0 Å². The summed E-state index contributed by atoms with van der Waals surface area (Å²) >= 11 is 0. The third-order valence-corrected chi connectivity index (χ3v) is 14.3. The zero-order valence-corrected chi connectivity index (χ0v) is 36.7. The molecular weight excluding hydrogens is 797 g/mol. The molecule has 10 aromatic carbocycles. The molecule has 0 saturated carbocycles. The minimum atomic E-state index is -0.748. The van der Waals surface area contributed by atoms with Crippen LogP contribution in [-0.4, -0.2) is 0 Å². The van der Waals surface area contributed by atoms with E-state index in [9.17, 15) is 5.48 Å². The summed E-state index contributed by atoms with van der Waals surface area (Å²) in [6.07, 6.45) is 0. The Morgan fingerprint density at radius 2 is 0.652 bits per heavy atom. The second-order valence-corrected chi connectivity index (χ2v) is 18.1. The summed E-state index contributed by atoms with van der Waals surface area (Å²) in [5.41, 5.74) is 18.7. The van der Waals surface area contributed by atoms with Gasteiger partial charge in [0, 0.05) is 39.5 Å². The minimum absolute atomic E-state index is 0.0845. The molecule has 3 aliphatic carbocycles. The molecule has 0 saturated heterocycles. The van der Waals surface area contributed by atoms with Crippen LogP contribution in [-0.2, 0) is 10.8 Å². The number of rotatable bonds is 7. The zero-order valence-electron chi connectivity index (χ0n) is 40.7. The van der Waals surface area contributed by atoms with Gasteiger partial charge in [0.25, 0.3) is 0 Å². The van der Waals surface area contributed by atoms with Gasteiger partial charge in [-0.25, -0.2) is 0 Å². The van der Waals surface area contributed by atoms with E-state index in [1.165, 1.54) is 38.9 Å². The van der Waals surface area contributed by atoms with Crippen LogP contribution in [0.15, 0.2) is 243 Å². The Balaban J connectivity index is 1.08. The van der Waals surface area contributed by atoms with Gasteiger partial charge in [0.05, 0.1) is 10.9 Å². The molecule has 10 aromatic rings. The first kappa shape index (κ1) is 34.2. The van der Waals surface area contributed by atoms with E-state index >= 15 is 0 Å². The van der Waals surface area contributed by atoms with Gasteiger partial charge in [0.1, 0.15) is 0 Å².